The van der Waals surface area contributed by atoms with Gasteiger partial charge in [-0.1, -0.05) is 12.1 Å². The third-order valence-corrected chi connectivity index (χ3v) is 4.65. The Morgan fingerprint density at radius 2 is 1.43 bits per heavy atom. The lowest BCUT2D eigenvalue weighted by atomic mass is 10.1. The van der Waals surface area contributed by atoms with Crippen LogP contribution in [0.1, 0.15) is 26.5 Å². The van der Waals surface area contributed by atoms with E-state index >= 15 is 0 Å². The van der Waals surface area contributed by atoms with Crippen LogP contribution in [-0.4, -0.2) is 26.5 Å². The fourth-order valence-electron chi connectivity index (χ4n) is 2.50. The predicted molar refractivity (Wildman–Crippen MR) is 106 cm³/mol. The molecule has 7 nitrogen and oxygen atoms in total. The van der Waals surface area contributed by atoms with E-state index in [2.05, 4.69) is 10.6 Å². The second kappa shape index (κ2) is 8.10. The summed E-state index contributed by atoms with van der Waals surface area (Å²) in [5.74, 6) is -0.550. The molecule has 144 valence electrons. The van der Waals surface area contributed by atoms with Gasteiger partial charge in [0.2, 0.25) is 0 Å². The van der Waals surface area contributed by atoms with Gasteiger partial charge >= 0.3 is 0 Å². The highest BCUT2D eigenvalue weighted by Crippen LogP contribution is 2.16. The van der Waals surface area contributed by atoms with E-state index < -0.39 is 9.84 Å². The number of sulfone groups is 1. The van der Waals surface area contributed by atoms with Crippen molar-refractivity contribution in [3.8, 4) is 0 Å². The molecule has 0 spiro atoms. The second-order valence-electron chi connectivity index (χ2n) is 6.23. The lowest BCUT2D eigenvalue weighted by Crippen LogP contribution is -2.13. The van der Waals surface area contributed by atoms with E-state index in [9.17, 15) is 18.0 Å². The van der Waals surface area contributed by atoms with Gasteiger partial charge in [0.25, 0.3) is 11.8 Å². The Kier molecular flexibility index (Phi) is 5.60. The van der Waals surface area contributed by atoms with Gasteiger partial charge < -0.3 is 15.1 Å². The van der Waals surface area contributed by atoms with Gasteiger partial charge in [0.1, 0.15) is 0 Å². The number of amides is 2. The van der Waals surface area contributed by atoms with Crippen molar-refractivity contribution in [3.05, 3.63) is 83.8 Å². The molecular weight excluding hydrogens is 380 g/mol. The maximum Gasteiger partial charge on any atom is 0.291 e. The Morgan fingerprint density at radius 1 is 0.857 bits per heavy atom. The highest BCUT2D eigenvalue weighted by molar-refractivity contribution is 7.89. The van der Waals surface area contributed by atoms with E-state index in [-0.39, 0.29) is 23.3 Å². The van der Waals surface area contributed by atoms with E-state index in [1.807, 2.05) is 0 Å². The monoisotopic (exact) mass is 398 g/mol. The van der Waals surface area contributed by atoms with Gasteiger partial charge in [-0.05, 0) is 54.1 Å². The van der Waals surface area contributed by atoms with E-state index in [0.717, 1.165) is 6.26 Å². The number of hydrogen-bond acceptors (Lipinski definition) is 5. The Bertz CT molecular complexity index is 1070. The zero-order chi connectivity index (χ0) is 20.1. The number of furan rings is 1. The normalized spacial score (nSPS) is 11.0. The number of carbonyl (C=O) groups is 2. The number of rotatable bonds is 6. The summed E-state index contributed by atoms with van der Waals surface area (Å²) in [4.78, 5) is 24.2. The molecule has 2 aromatic carbocycles. The molecule has 8 heteroatoms. The van der Waals surface area contributed by atoms with Crippen molar-refractivity contribution in [1.29, 1.82) is 0 Å². The largest absolute Gasteiger partial charge is 0.459 e. The van der Waals surface area contributed by atoms with Crippen molar-refractivity contribution >= 4 is 33.0 Å². The van der Waals surface area contributed by atoms with Crippen molar-refractivity contribution in [1.82, 2.24) is 0 Å². The third kappa shape index (κ3) is 5.31. The predicted octanol–water partition coefficient (Wildman–Crippen LogP) is 3.33. The van der Waals surface area contributed by atoms with Crippen molar-refractivity contribution in [2.75, 3.05) is 16.9 Å². The van der Waals surface area contributed by atoms with E-state index in [4.69, 9.17) is 4.42 Å². The maximum absolute atomic E-state index is 12.3. The standard InChI is InChI=1S/C20H18N2O5S/c1-28(25,26)13-14-4-6-15(7-5-14)19(23)21-16-8-10-17(11-9-16)22-20(24)18-3-2-12-27-18/h2-12H,13H2,1H3,(H,21,23)(H,22,24). The van der Waals surface area contributed by atoms with Crippen LogP contribution in [0.5, 0.6) is 0 Å². The maximum atomic E-state index is 12.3. The molecule has 0 saturated carbocycles. The van der Waals surface area contributed by atoms with E-state index in [0.29, 0.717) is 22.5 Å². The summed E-state index contributed by atoms with van der Waals surface area (Å²) in [7, 11) is -3.12. The zero-order valence-electron chi connectivity index (χ0n) is 15.0. The Hall–Kier alpha value is -3.39. The Morgan fingerprint density at radius 3 is 1.93 bits per heavy atom. The number of anilines is 2. The average molecular weight is 398 g/mol. The van der Waals surface area contributed by atoms with E-state index in [1.54, 1.807) is 60.7 Å². The number of hydrogen-bond donors (Lipinski definition) is 2. The fraction of sp³-hybridized carbons (Fsp3) is 0.100. The SMILES string of the molecule is CS(=O)(=O)Cc1ccc(C(=O)Nc2ccc(NC(=O)c3ccco3)cc2)cc1. The van der Waals surface area contributed by atoms with Crippen molar-refractivity contribution in [2.45, 2.75) is 5.75 Å². The molecule has 1 aromatic heterocycles. The molecule has 0 aliphatic heterocycles. The van der Waals surface area contributed by atoms with Crippen LogP contribution in [0.3, 0.4) is 0 Å². The Balaban J connectivity index is 1.60. The molecule has 0 unspecified atom stereocenters. The summed E-state index contributed by atoms with van der Waals surface area (Å²) in [6, 6.07) is 16.2. The summed E-state index contributed by atoms with van der Waals surface area (Å²) in [6.07, 6.45) is 2.58. The van der Waals surface area contributed by atoms with Crippen LogP contribution < -0.4 is 10.6 Å². The first-order chi connectivity index (χ1) is 13.3. The quantitative estimate of drug-likeness (QED) is 0.663. The lowest BCUT2D eigenvalue weighted by molar-refractivity contribution is 0.0994. The molecule has 0 radical (unpaired) electrons. The lowest BCUT2D eigenvalue weighted by Gasteiger charge is -2.08. The van der Waals surface area contributed by atoms with Gasteiger partial charge in [0.15, 0.2) is 15.6 Å². The van der Waals surface area contributed by atoms with Gasteiger partial charge in [0.05, 0.1) is 12.0 Å². The van der Waals surface area contributed by atoms with Gasteiger partial charge in [-0.3, -0.25) is 9.59 Å². The number of carbonyl (C=O) groups excluding carboxylic acids is 2. The third-order valence-electron chi connectivity index (χ3n) is 3.79. The van der Waals surface area contributed by atoms with Crippen LogP contribution in [0, 0.1) is 0 Å². The molecule has 3 aromatic rings. The molecule has 3 rings (SSSR count). The summed E-state index contributed by atoms with van der Waals surface area (Å²) in [6.45, 7) is 0. The molecule has 0 bridgehead atoms. The van der Waals surface area contributed by atoms with Crippen LogP contribution in [-0.2, 0) is 15.6 Å². The van der Waals surface area contributed by atoms with Crippen LogP contribution >= 0.6 is 0 Å². The number of nitrogens with one attached hydrogen (secondary N) is 2. The molecular formula is C20H18N2O5S. The van der Waals surface area contributed by atoms with Gasteiger partial charge in [-0.15, -0.1) is 0 Å². The number of benzene rings is 2. The molecule has 1 heterocycles. The average Bonchev–Trinajstić information content (AvgIpc) is 3.17. The van der Waals surface area contributed by atoms with Crippen molar-refractivity contribution in [2.24, 2.45) is 0 Å². The minimum Gasteiger partial charge on any atom is -0.459 e. The molecule has 28 heavy (non-hydrogen) atoms. The topological polar surface area (TPSA) is 105 Å². The van der Waals surface area contributed by atoms with Crippen LogP contribution in [0.2, 0.25) is 0 Å². The fourth-order valence-corrected chi connectivity index (χ4v) is 3.29. The van der Waals surface area contributed by atoms with Gasteiger partial charge in [-0.25, -0.2) is 8.42 Å². The molecule has 0 saturated heterocycles. The van der Waals surface area contributed by atoms with Crippen LogP contribution in [0.4, 0.5) is 11.4 Å². The molecule has 0 aliphatic carbocycles. The van der Waals surface area contributed by atoms with Crippen LogP contribution in [0.25, 0.3) is 0 Å². The smallest absolute Gasteiger partial charge is 0.291 e. The minimum atomic E-state index is -3.12. The second-order valence-corrected chi connectivity index (χ2v) is 8.37. The van der Waals surface area contributed by atoms with Gasteiger partial charge in [0, 0.05) is 23.2 Å². The highest BCUT2D eigenvalue weighted by Gasteiger charge is 2.10. The molecule has 2 N–H and O–H groups in total. The summed E-state index contributed by atoms with van der Waals surface area (Å²) in [5.41, 5.74) is 2.15. The van der Waals surface area contributed by atoms with E-state index in [1.165, 1.54) is 6.26 Å². The first-order valence-electron chi connectivity index (χ1n) is 8.33. The summed E-state index contributed by atoms with van der Waals surface area (Å²) < 4.78 is 27.6. The first-order valence-corrected chi connectivity index (χ1v) is 10.4. The van der Waals surface area contributed by atoms with Crippen LogP contribution in [0.15, 0.2) is 71.3 Å². The van der Waals surface area contributed by atoms with Crippen molar-refractivity contribution < 1.29 is 22.4 Å². The first kappa shape index (κ1) is 19.4. The highest BCUT2D eigenvalue weighted by atomic mass is 32.2. The Labute approximate surface area is 162 Å². The van der Waals surface area contributed by atoms with Crippen molar-refractivity contribution in [3.63, 3.8) is 0 Å². The summed E-state index contributed by atoms with van der Waals surface area (Å²) >= 11 is 0. The molecule has 0 fully saturated rings. The van der Waals surface area contributed by atoms with Gasteiger partial charge in [-0.2, -0.15) is 0 Å². The summed E-state index contributed by atoms with van der Waals surface area (Å²) in [5, 5.41) is 5.43. The molecule has 0 aliphatic rings. The molecule has 2 amide bonds. The molecule has 0 atom stereocenters. The zero-order valence-corrected chi connectivity index (χ0v) is 15.8. The minimum absolute atomic E-state index is 0.0694.